The minimum absolute atomic E-state index is 0.0232. The van der Waals surface area contributed by atoms with Crippen LogP contribution in [0.5, 0.6) is 0 Å². The normalized spacial score (nSPS) is 14.4. The maximum absolute atomic E-state index is 11.4. The molecule has 5 nitrogen and oxygen atoms in total. The van der Waals surface area contributed by atoms with Crippen molar-refractivity contribution in [2.75, 3.05) is 25.0 Å². The van der Waals surface area contributed by atoms with Gasteiger partial charge in [0.25, 0.3) is 0 Å². The number of imidazole rings is 1. The zero-order valence-corrected chi connectivity index (χ0v) is 23.1. The lowest BCUT2D eigenvalue weighted by Crippen LogP contribution is -2.34. The summed E-state index contributed by atoms with van der Waals surface area (Å²) in [5.74, 6) is 1.57. The Morgan fingerprint density at radius 1 is 0.800 bits per heavy atom. The number of hydrogen-bond donors (Lipinski definition) is 1. The summed E-state index contributed by atoms with van der Waals surface area (Å²) in [5, 5.41) is 2.92. The van der Waals surface area contributed by atoms with Crippen molar-refractivity contribution in [2.24, 2.45) is 0 Å². The molecule has 1 fully saturated rings. The summed E-state index contributed by atoms with van der Waals surface area (Å²) in [6.45, 7) is 5.79. The number of amides is 1. The summed E-state index contributed by atoms with van der Waals surface area (Å²) in [4.78, 5) is 19.1. The standard InChI is InChI=1S/C35H36N4O/c1-26(40)36-32-12-7-11-31(25-32)29-19-23-38(24-20-29)21-8-22-39-34-14-6-5-13-33(34)37-35(39)30-17-15-28(16-18-30)27-9-3-2-4-10-27/h2-7,9-18,25,29H,8,19-24H2,1H3,(H,36,40). The van der Waals surface area contributed by atoms with Gasteiger partial charge in [0.1, 0.15) is 5.82 Å². The fourth-order valence-electron chi connectivity index (χ4n) is 5.98. The second-order valence-electron chi connectivity index (χ2n) is 10.8. The highest BCUT2D eigenvalue weighted by molar-refractivity contribution is 5.88. The largest absolute Gasteiger partial charge is 0.326 e. The molecule has 0 saturated carbocycles. The Balaban J connectivity index is 1.11. The van der Waals surface area contributed by atoms with E-state index in [-0.39, 0.29) is 5.91 Å². The second kappa shape index (κ2) is 11.9. The van der Waals surface area contributed by atoms with Crippen LogP contribution >= 0.6 is 0 Å². The number of aromatic nitrogens is 2. The van der Waals surface area contributed by atoms with Gasteiger partial charge in [0, 0.05) is 24.7 Å². The predicted molar refractivity (Wildman–Crippen MR) is 164 cm³/mol. The number of para-hydroxylation sites is 2. The molecular formula is C35H36N4O. The van der Waals surface area contributed by atoms with Gasteiger partial charge in [0.2, 0.25) is 5.91 Å². The lowest BCUT2D eigenvalue weighted by Gasteiger charge is -2.32. The van der Waals surface area contributed by atoms with Crippen LogP contribution in [0.15, 0.2) is 103 Å². The van der Waals surface area contributed by atoms with Crippen LogP contribution in [0.25, 0.3) is 33.5 Å². The molecule has 0 radical (unpaired) electrons. The molecule has 202 valence electrons. The van der Waals surface area contributed by atoms with E-state index < -0.39 is 0 Å². The van der Waals surface area contributed by atoms with Gasteiger partial charge >= 0.3 is 0 Å². The molecule has 0 bridgehead atoms. The first-order valence-corrected chi connectivity index (χ1v) is 14.3. The number of hydrogen-bond acceptors (Lipinski definition) is 3. The minimum Gasteiger partial charge on any atom is -0.326 e. The molecule has 1 aliphatic heterocycles. The molecule has 2 heterocycles. The van der Waals surface area contributed by atoms with Gasteiger partial charge in [-0.2, -0.15) is 0 Å². The Kier molecular flexibility index (Phi) is 7.73. The Morgan fingerprint density at radius 3 is 2.27 bits per heavy atom. The van der Waals surface area contributed by atoms with Crippen LogP contribution in [0.2, 0.25) is 0 Å². The van der Waals surface area contributed by atoms with Crippen molar-refractivity contribution in [1.82, 2.24) is 14.5 Å². The summed E-state index contributed by atoms with van der Waals surface area (Å²) in [7, 11) is 0. The Hall–Kier alpha value is -4.22. The van der Waals surface area contributed by atoms with Crippen molar-refractivity contribution in [2.45, 2.75) is 38.6 Å². The predicted octanol–water partition coefficient (Wildman–Crippen LogP) is 7.60. The number of benzene rings is 4. The number of nitrogens with one attached hydrogen (secondary N) is 1. The van der Waals surface area contributed by atoms with E-state index in [1.807, 2.05) is 6.07 Å². The van der Waals surface area contributed by atoms with Crippen LogP contribution in [-0.2, 0) is 11.3 Å². The van der Waals surface area contributed by atoms with Gasteiger partial charge in [-0.3, -0.25) is 4.79 Å². The molecule has 0 unspecified atom stereocenters. The van der Waals surface area contributed by atoms with E-state index >= 15 is 0 Å². The zero-order valence-electron chi connectivity index (χ0n) is 23.1. The van der Waals surface area contributed by atoms with Gasteiger partial charge in [-0.15, -0.1) is 0 Å². The number of anilines is 1. The molecule has 5 heteroatoms. The fraction of sp³-hybridized carbons (Fsp3) is 0.257. The number of piperidine rings is 1. The third-order valence-corrected chi connectivity index (χ3v) is 8.03. The summed E-state index contributed by atoms with van der Waals surface area (Å²) in [6.07, 6.45) is 3.38. The van der Waals surface area contributed by atoms with Crippen molar-refractivity contribution < 1.29 is 4.79 Å². The van der Waals surface area contributed by atoms with E-state index in [4.69, 9.17) is 4.98 Å². The van der Waals surface area contributed by atoms with Crippen LogP contribution in [-0.4, -0.2) is 40.0 Å². The summed E-state index contributed by atoms with van der Waals surface area (Å²) in [5.41, 5.74) is 8.07. The Labute approximate surface area is 236 Å². The number of carbonyl (C=O) groups is 1. The highest BCUT2D eigenvalue weighted by atomic mass is 16.1. The molecule has 1 N–H and O–H groups in total. The molecule has 1 aromatic heterocycles. The van der Waals surface area contributed by atoms with Gasteiger partial charge < -0.3 is 14.8 Å². The monoisotopic (exact) mass is 528 g/mol. The summed E-state index contributed by atoms with van der Waals surface area (Å²) < 4.78 is 2.40. The first-order valence-electron chi connectivity index (χ1n) is 14.3. The fourth-order valence-corrected chi connectivity index (χ4v) is 5.98. The lowest BCUT2D eigenvalue weighted by molar-refractivity contribution is -0.114. The second-order valence-corrected chi connectivity index (χ2v) is 10.8. The van der Waals surface area contributed by atoms with E-state index in [2.05, 4.69) is 112 Å². The maximum atomic E-state index is 11.4. The van der Waals surface area contributed by atoms with E-state index in [9.17, 15) is 4.79 Å². The number of nitrogens with zero attached hydrogens (tertiary/aromatic N) is 3. The highest BCUT2D eigenvalue weighted by Crippen LogP contribution is 2.31. The van der Waals surface area contributed by atoms with Crippen LogP contribution in [0.4, 0.5) is 5.69 Å². The molecule has 1 aliphatic rings. The average molecular weight is 529 g/mol. The smallest absolute Gasteiger partial charge is 0.221 e. The molecule has 0 aliphatic carbocycles. The number of fused-ring (bicyclic) bond motifs is 1. The van der Waals surface area contributed by atoms with E-state index in [0.717, 1.165) is 68.0 Å². The molecule has 4 aromatic carbocycles. The SMILES string of the molecule is CC(=O)Nc1cccc(C2CCN(CCCn3c(-c4ccc(-c5ccccc5)cc4)nc4ccccc43)CC2)c1. The Morgan fingerprint density at radius 2 is 1.50 bits per heavy atom. The molecule has 5 aromatic rings. The Bertz CT molecular complexity index is 1580. The van der Waals surface area contributed by atoms with E-state index in [0.29, 0.717) is 5.92 Å². The molecule has 0 atom stereocenters. The van der Waals surface area contributed by atoms with Gasteiger partial charge in [0.15, 0.2) is 0 Å². The third kappa shape index (κ3) is 5.85. The van der Waals surface area contributed by atoms with Crippen molar-refractivity contribution in [3.05, 3.63) is 109 Å². The van der Waals surface area contributed by atoms with Crippen molar-refractivity contribution in [3.8, 4) is 22.5 Å². The highest BCUT2D eigenvalue weighted by Gasteiger charge is 2.21. The number of likely N-dealkylation sites (tertiary alicyclic amines) is 1. The van der Waals surface area contributed by atoms with E-state index in [1.165, 1.54) is 22.2 Å². The first kappa shape index (κ1) is 26.0. The number of aryl methyl sites for hydroxylation is 1. The van der Waals surface area contributed by atoms with E-state index in [1.54, 1.807) is 6.92 Å². The third-order valence-electron chi connectivity index (χ3n) is 8.03. The zero-order chi connectivity index (χ0) is 27.3. The van der Waals surface area contributed by atoms with Crippen LogP contribution in [0.1, 0.15) is 37.7 Å². The molecule has 6 rings (SSSR count). The molecule has 40 heavy (non-hydrogen) atoms. The number of carbonyl (C=O) groups excluding carboxylic acids is 1. The minimum atomic E-state index is -0.0232. The first-order chi connectivity index (χ1) is 19.6. The molecular weight excluding hydrogens is 492 g/mol. The molecule has 1 saturated heterocycles. The van der Waals surface area contributed by atoms with Gasteiger partial charge in [0.05, 0.1) is 11.0 Å². The topological polar surface area (TPSA) is 50.2 Å². The summed E-state index contributed by atoms with van der Waals surface area (Å²) >= 11 is 0. The van der Waals surface area contributed by atoms with Crippen molar-refractivity contribution in [3.63, 3.8) is 0 Å². The van der Waals surface area contributed by atoms with Gasteiger partial charge in [-0.1, -0.05) is 78.9 Å². The van der Waals surface area contributed by atoms with Gasteiger partial charge in [-0.05, 0) is 85.8 Å². The maximum Gasteiger partial charge on any atom is 0.221 e. The molecule has 0 spiro atoms. The van der Waals surface area contributed by atoms with Crippen molar-refractivity contribution >= 4 is 22.6 Å². The van der Waals surface area contributed by atoms with Crippen LogP contribution in [0, 0.1) is 0 Å². The van der Waals surface area contributed by atoms with Gasteiger partial charge in [-0.25, -0.2) is 4.98 Å². The van der Waals surface area contributed by atoms with Crippen molar-refractivity contribution in [1.29, 1.82) is 0 Å². The number of rotatable bonds is 8. The lowest BCUT2D eigenvalue weighted by atomic mass is 9.89. The molecule has 1 amide bonds. The summed E-state index contributed by atoms with van der Waals surface area (Å²) in [6, 6.07) is 36.1. The van der Waals surface area contributed by atoms with Crippen LogP contribution < -0.4 is 5.32 Å². The van der Waals surface area contributed by atoms with Crippen LogP contribution in [0.3, 0.4) is 0 Å². The average Bonchev–Trinajstić information content (AvgIpc) is 3.36. The quantitative estimate of drug-likeness (QED) is 0.226.